The van der Waals surface area contributed by atoms with Crippen molar-refractivity contribution in [3.05, 3.63) is 84.2 Å². The van der Waals surface area contributed by atoms with Crippen LogP contribution in [0.1, 0.15) is 52.0 Å². The van der Waals surface area contributed by atoms with Crippen LogP contribution in [0.3, 0.4) is 0 Å². The van der Waals surface area contributed by atoms with Gasteiger partial charge in [0, 0.05) is 24.5 Å². The molecule has 3 saturated heterocycles. The molecule has 0 unspecified atom stereocenters. The molecule has 8 rings (SSSR count). The summed E-state index contributed by atoms with van der Waals surface area (Å²) in [6, 6.07) is 22.9. The van der Waals surface area contributed by atoms with Crippen LogP contribution in [0.2, 0.25) is 0 Å². The van der Waals surface area contributed by atoms with E-state index in [0.29, 0.717) is 48.8 Å². The van der Waals surface area contributed by atoms with Crippen molar-refractivity contribution < 1.29 is 28.5 Å². The molecule has 0 aliphatic carbocycles. The smallest absolute Gasteiger partial charge is 0.410 e. The first-order valence-electron chi connectivity index (χ1n) is 18.5. The number of anilines is 1. The van der Waals surface area contributed by atoms with Crippen LogP contribution in [0, 0.1) is 5.82 Å². The Hall–Kier alpha value is -5.16. The Kier molecular flexibility index (Phi) is 9.22. The topological polar surface area (TPSA) is 100 Å². The van der Waals surface area contributed by atoms with E-state index in [-0.39, 0.29) is 47.1 Å². The number of ether oxygens (including phenoxy) is 3. The van der Waals surface area contributed by atoms with Gasteiger partial charge in [-0.2, -0.15) is 9.97 Å². The Morgan fingerprint density at radius 3 is 2.38 bits per heavy atom. The number of piperazine rings is 1. The molecule has 1 N–H and O–H groups in total. The molecule has 11 heteroatoms. The van der Waals surface area contributed by atoms with Crippen LogP contribution in [-0.4, -0.2) is 88.0 Å². The molecule has 4 heterocycles. The number of likely N-dealkylation sites (N-methyl/N-ethyl adjacent to an activating group) is 1. The van der Waals surface area contributed by atoms with E-state index in [1.54, 1.807) is 12.1 Å². The Bertz CT molecular complexity index is 2140. The second-order valence-corrected chi connectivity index (χ2v) is 15.5. The number of aromatic nitrogens is 2. The predicted molar refractivity (Wildman–Crippen MR) is 203 cm³/mol. The first kappa shape index (κ1) is 34.9. The van der Waals surface area contributed by atoms with E-state index in [1.165, 1.54) is 0 Å². The summed E-state index contributed by atoms with van der Waals surface area (Å²) in [6.07, 6.45) is 3.39. The third kappa shape index (κ3) is 7.02. The van der Waals surface area contributed by atoms with Crippen LogP contribution in [-0.2, 0) is 11.3 Å². The maximum Gasteiger partial charge on any atom is 0.410 e. The normalized spacial score (nSPS) is 20.4. The van der Waals surface area contributed by atoms with E-state index in [4.69, 9.17) is 19.2 Å². The van der Waals surface area contributed by atoms with Gasteiger partial charge in [-0.15, -0.1) is 0 Å². The third-order valence-electron chi connectivity index (χ3n) is 10.7. The van der Waals surface area contributed by atoms with Crippen LogP contribution in [0.25, 0.3) is 32.8 Å². The minimum absolute atomic E-state index is 0.0276. The Morgan fingerprint density at radius 1 is 0.925 bits per heavy atom. The van der Waals surface area contributed by atoms with Gasteiger partial charge in [-0.3, -0.25) is 4.90 Å². The van der Waals surface area contributed by atoms with Crippen molar-refractivity contribution in [2.24, 2.45) is 0 Å². The second kappa shape index (κ2) is 14.0. The number of carbonyl (C=O) groups excluding carboxylic acids is 1. The highest BCUT2D eigenvalue weighted by Crippen LogP contribution is 2.44. The Labute approximate surface area is 309 Å². The summed E-state index contributed by atoms with van der Waals surface area (Å²) in [4.78, 5) is 29.0. The molecule has 1 aromatic heterocycles. The zero-order valence-electron chi connectivity index (χ0n) is 30.7. The van der Waals surface area contributed by atoms with E-state index in [0.717, 1.165) is 48.6 Å². The van der Waals surface area contributed by atoms with E-state index in [9.17, 15) is 9.90 Å². The van der Waals surface area contributed by atoms with Gasteiger partial charge in [0.05, 0.1) is 17.6 Å². The van der Waals surface area contributed by atoms with E-state index >= 15 is 4.39 Å². The highest BCUT2D eigenvalue weighted by Gasteiger charge is 2.45. The second-order valence-electron chi connectivity index (χ2n) is 15.5. The van der Waals surface area contributed by atoms with Crippen LogP contribution < -0.4 is 14.4 Å². The van der Waals surface area contributed by atoms with Crippen molar-refractivity contribution in [2.75, 3.05) is 38.2 Å². The van der Waals surface area contributed by atoms with Crippen molar-refractivity contribution in [1.82, 2.24) is 19.8 Å². The van der Waals surface area contributed by atoms with Gasteiger partial charge >= 0.3 is 12.1 Å². The summed E-state index contributed by atoms with van der Waals surface area (Å²) < 4.78 is 35.5. The predicted octanol–water partition coefficient (Wildman–Crippen LogP) is 7.93. The maximum atomic E-state index is 17.3. The first-order valence-corrected chi connectivity index (χ1v) is 18.5. The first-order chi connectivity index (χ1) is 25.5. The average molecular weight is 720 g/mol. The van der Waals surface area contributed by atoms with Crippen molar-refractivity contribution >= 4 is 33.6 Å². The van der Waals surface area contributed by atoms with Crippen LogP contribution in [0.5, 0.6) is 17.5 Å². The summed E-state index contributed by atoms with van der Waals surface area (Å²) in [5, 5.41) is 13.7. The van der Waals surface area contributed by atoms with Crippen molar-refractivity contribution in [3.8, 4) is 28.6 Å². The van der Waals surface area contributed by atoms with Crippen molar-refractivity contribution in [1.29, 1.82) is 0 Å². The fourth-order valence-corrected chi connectivity index (χ4v) is 8.10. The minimum atomic E-state index is -0.674. The molecule has 1 amide bonds. The molecule has 3 aliphatic rings. The number of carbonyl (C=O) groups is 1. The fraction of sp³-hybridized carbons (Fsp3) is 0.405. The molecule has 5 aromatic rings. The SMILES string of the molecule is CN1CCC[C@H]1COc1nc(N2C[C@H]3CC[C@@H](C2)N3C(=O)OC(C)(C)C)c2cc(O)c(-c3cc(OCc4ccccc4)cc4ccccc34)c(F)c2n1. The van der Waals surface area contributed by atoms with Gasteiger partial charge in [0.2, 0.25) is 0 Å². The molecule has 276 valence electrons. The largest absolute Gasteiger partial charge is 0.507 e. The molecule has 2 bridgehead atoms. The lowest BCUT2D eigenvalue weighted by Gasteiger charge is -2.42. The number of amides is 1. The van der Waals surface area contributed by atoms with Gasteiger partial charge in [0.1, 0.15) is 41.6 Å². The van der Waals surface area contributed by atoms with Gasteiger partial charge in [-0.25, -0.2) is 9.18 Å². The van der Waals surface area contributed by atoms with Gasteiger partial charge in [-0.05, 0) is 100 Å². The number of benzene rings is 4. The molecular weight excluding hydrogens is 673 g/mol. The fourth-order valence-electron chi connectivity index (χ4n) is 8.10. The molecule has 53 heavy (non-hydrogen) atoms. The van der Waals surface area contributed by atoms with Gasteiger partial charge in [0.25, 0.3) is 0 Å². The summed E-state index contributed by atoms with van der Waals surface area (Å²) in [6.45, 7) is 8.25. The number of phenolic OH excluding ortho intramolecular Hbond substituents is 1. The number of hydrogen-bond acceptors (Lipinski definition) is 9. The third-order valence-corrected chi connectivity index (χ3v) is 10.7. The Morgan fingerprint density at radius 2 is 1.66 bits per heavy atom. The van der Waals surface area contributed by atoms with Crippen LogP contribution in [0.15, 0.2) is 72.8 Å². The highest BCUT2D eigenvalue weighted by atomic mass is 19.1. The number of likely N-dealkylation sites (tertiary alicyclic amines) is 1. The summed E-state index contributed by atoms with van der Waals surface area (Å²) in [5.41, 5.74) is 0.964. The van der Waals surface area contributed by atoms with Crippen LogP contribution >= 0.6 is 0 Å². The average Bonchev–Trinajstić information content (AvgIpc) is 3.67. The lowest BCUT2D eigenvalue weighted by molar-refractivity contribution is 0.0122. The molecule has 3 atom stereocenters. The summed E-state index contributed by atoms with van der Waals surface area (Å²) >= 11 is 0. The highest BCUT2D eigenvalue weighted by molar-refractivity contribution is 6.03. The number of halogens is 1. The molecule has 0 saturated carbocycles. The number of nitrogens with zero attached hydrogens (tertiary/aromatic N) is 5. The van der Waals surface area contributed by atoms with Gasteiger partial charge < -0.3 is 29.1 Å². The number of hydrogen-bond donors (Lipinski definition) is 1. The van der Waals surface area contributed by atoms with E-state index < -0.39 is 11.4 Å². The van der Waals surface area contributed by atoms with Gasteiger partial charge in [-0.1, -0.05) is 54.6 Å². The Balaban J connectivity index is 1.21. The summed E-state index contributed by atoms with van der Waals surface area (Å²) in [5.74, 6) is 0.109. The van der Waals surface area contributed by atoms with Crippen LogP contribution in [0.4, 0.5) is 15.0 Å². The quantitative estimate of drug-likeness (QED) is 0.171. The standard InChI is InChI=1S/C42H46FN5O5/c1-42(2,3)53-41(50)48-28-16-17-29(48)23-47(22-28)39-34-21-35(49)36(37(43)38(34)44-40(45-39)52-25-30-14-10-18-46(30)4)33-20-31(19-27-13-8-9-15-32(27)33)51-24-26-11-6-5-7-12-26/h5-9,11-13,15,19-21,28-30,49H,10,14,16-18,22-25H2,1-4H3/t28-,29+,30-/m0/s1. The molecule has 0 spiro atoms. The molecule has 4 aromatic carbocycles. The van der Waals surface area contributed by atoms with Gasteiger partial charge in [0.15, 0.2) is 5.82 Å². The molecule has 3 fully saturated rings. The lowest BCUT2D eigenvalue weighted by Crippen LogP contribution is -2.57. The van der Waals surface area contributed by atoms with E-state index in [2.05, 4.69) is 21.8 Å². The minimum Gasteiger partial charge on any atom is -0.507 e. The monoisotopic (exact) mass is 719 g/mol. The number of rotatable bonds is 8. The van der Waals surface area contributed by atoms with Crippen molar-refractivity contribution in [2.45, 2.75) is 76.8 Å². The molecule has 3 aliphatic heterocycles. The summed E-state index contributed by atoms with van der Waals surface area (Å²) in [7, 11) is 2.07. The number of phenols is 1. The zero-order valence-corrected chi connectivity index (χ0v) is 30.7. The molecular formula is C42H46FN5O5. The number of fused-ring (bicyclic) bond motifs is 4. The van der Waals surface area contributed by atoms with Crippen molar-refractivity contribution in [3.63, 3.8) is 0 Å². The number of aromatic hydroxyl groups is 1. The molecule has 10 nitrogen and oxygen atoms in total. The maximum absolute atomic E-state index is 17.3. The molecule has 0 radical (unpaired) electrons. The van der Waals surface area contributed by atoms with E-state index in [1.807, 2.05) is 86.3 Å². The lowest BCUT2D eigenvalue weighted by atomic mass is 9.95. The zero-order chi connectivity index (χ0) is 36.9.